The zero-order chi connectivity index (χ0) is 18.5. The molecule has 0 aromatic heterocycles. The van der Waals surface area contributed by atoms with Gasteiger partial charge >= 0.3 is 0 Å². The predicted octanol–water partition coefficient (Wildman–Crippen LogP) is 2.95. The Morgan fingerprint density at radius 3 is 2.35 bits per heavy atom. The number of benzene rings is 2. The molecule has 1 saturated heterocycles. The summed E-state index contributed by atoms with van der Waals surface area (Å²) in [4.78, 5) is 27.8. The summed E-state index contributed by atoms with van der Waals surface area (Å²) < 4.78 is 0. The van der Waals surface area contributed by atoms with Crippen LogP contribution in [0.3, 0.4) is 0 Å². The highest BCUT2D eigenvalue weighted by molar-refractivity contribution is 5.94. The minimum Gasteiger partial charge on any atom is -0.338 e. The van der Waals surface area contributed by atoms with Gasteiger partial charge in [-0.2, -0.15) is 5.26 Å². The lowest BCUT2D eigenvalue weighted by Gasteiger charge is -2.18. The van der Waals surface area contributed by atoms with E-state index in [-0.39, 0.29) is 11.8 Å². The molecule has 1 aliphatic heterocycles. The molecule has 26 heavy (non-hydrogen) atoms. The van der Waals surface area contributed by atoms with E-state index in [9.17, 15) is 9.59 Å². The Labute approximate surface area is 153 Å². The molecule has 0 spiro atoms. The Bertz CT molecular complexity index is 835. The van der Waals surface area contributed by atoms with Crippen molar-refractivity contribution in [1.82, 2.24) is 9.80 Å². The lowest BCUT2D eigenvalue weighted by atomic mass is 10.1. The van der Waals surface area contributed by atoms with Gasteiger partial charge in [0.1, 0.15) is 0 Å². The second-order valence-corrected chi connectivity index (χ2v) is 6.59. The zero-order valence-electron chi connectivity index (χ0n) is 14.8. The molecule has 0 saturated carbocycles. The normalized spacial score (nSPS) is 13.5. The van der Waals surface area contributed by atoms with Crippen molar-refractivity contribution in [2.45, 2.75) is 25.9 Å². The second kappa shape index (κ2) is 7.83. The number of nitriles is 1. The maximum absolute atomic E-state index is 12.6. The maximum atomic E-state index is 12.6. The van der Waals surface area contributed by atoms with Gasteiger partial charge in [0.05, 0.1) is 11.6 Å². The molecule has 0 radical (unpaired) electrons. The number of hydrogen-bond donors (Lipinski definition) is 0. The van der Waals surface area contributed by atoms with Crippen molar-refractivity contribution in [2.24, 2.45) is 0 Å². The third-order valence-electron chi connectivity index (χ3n) is 4.60. The van der Waals surface area contributed by atoms with Crippen LogP contribution in [0.1, 0.15) is 39.9 Å². The summed E-state index contributed by atoms with van der Waals surface area (Å²) in [5.41, 5.74) is 3.24. The molecule has 1 fully saturated rings. The van der Waals surface area contributed by atoms with Crippen molar-refractivity contribution < 1.29 is 9.59 Å². The fraction of sp³-hybridized carbons (Fsp3) is 0.286. The van der Waals surface area contributed by atoms with Crippen molar-refractivity contribution in [3.8, 4) is 6.07 Å². The van der Waals surface area contributed by atoms with Gasteiger partial charge < -0.3 is 9.80 Å². The number of likely N-dealkylation sites (tertiary alicyclic amines) is 1. The summed E-state index contributed by atoms with van der Waals surface area (Å²) in [6.45, 7) is 1.90. The standard InChI is InChI=1S/C21H21N3O2/c1-23(14-17-6-4-16(13-22)5-7-17)21(26)19-10-8-18(9-11-19)15-24-12-2-3-20(24)25/h4-11H,2-3,12,14-15H2,1H3. The number of carbonyl (C=O) groups is 2. The van der Waals surface area contributed by atoms with E-state index in [1.54, 1.807) is 24.1 Å². The molecule has 0 aliphatic carbocycles. The van der Waals surface area contributed by atoms with E-state index in [1.807, 2.05) is 41.3 Å². The molecule has 5 heteroatoms. The van der Waals surface area contributed by atoms with Crippen molar-refractivity contribution in [1.29, 1.82) is 5.26 Å². The minimum absolute atomic E-state index is 0.0573. The van der Waals surface area contributed by atoms with Crippen LogP contribution in [0.4, 0.5) is 0 Å². The van der Waals surface area contributed by atoms with Crippen molar-refractivity contribution in [2.75, 3.05) is 13.6 Å². The van der Waals surface area contributed by atoms with E-state index in [0.717, 1.165) is 24.1 Å². The van der Waals surface area contributed by atoms with Crippen LogP contribution >= 0.6 is 0 Å². The predicted molar refractivity (Wildman–Crippen MR) is 98.0 cm³/mol. The summed E-state index contributed by atoms with van der Waals surface area (Å²) >= 11 is 0. The summed E-state index contributed by atoms with van der Waals surface area (Å²) in [5, 5.41) is 8.84. The highest BCUT2D eigenvalue weighted by atomic mass is 16.2. The number of hydrogen-bond acceptors (Lipinski definition) is 3. The molecule has 1 aliphatic rings. The number of rotatable bonds is 5. The smallest absolute Gasteiger partial charge is 0.253 e. The van der Waals surface area contributed by atoms with Crippen molar-refractivity contribution >= 4 is 11.8 Å². The topological polar surface area (TPSA) is 64.4 Å². The van der Waals surface area contributed by atoms with E-state index < -0.39 is 0 Å². The minimum atomic E-state index is -0.0573. The molecule has 2 aromatic carbocycles. The fourth-order valence-electron chi connectivity index (χ4n) is 3.10. The van der Waals surface area contributed by atoms with Gasteiger partial charge in [-0.3, -0.25) is 9.59 Å². The van der Waals surface area contributed by atoms with Crippen LogP contribution < -0.4 is 0 Å². The highest BCUT2D eigenvalue weighted by Crippen LogP contribution is 2.16. The molecule has 2 amide bonds. The third kappa shape index (κ3) is 4.09. The Morgan fingerprint density at radius 1 is 1.12 bits per heavy atom. The van der Waals surface area contributed by atoms with E-state index in [4.69, 9.17) is 5.26 Å². The Kier molecular flexibility index (Phi) is 5.33. The van der Waals surface area contributed by atoms with Crippen molar-refractivity contribution in [3.63, 3.8) is 0 Å². The van der Waals surface area contributed by atoms with Gasteiger partial charge in [0.15, 0.2) is 0 Å². The van der Waals surface area contributed by atoms with Gasteiger partial charge in [-0.25, -0.2) is 0 Å². The van der Waals surface area contributed by atoms with E-state index >= 15 is 0 Å². The first-order chi connectivity index (χ1) is 12.6. The number of nitrogens with zero attached hydrogens (tertiary/aromatic N) is 3. The molecular weight excluding hydrogens is 326 g/mol. The average molecular weight is 347 g/mol. The molecule has 3 rings (SSSR count). The third-order valence-corrected chi connectivity index (χ3v) is 4.60. The second-order valence-electron chi connectivity index (χ2n) is 6.59. The van der Waals surface area contributed by atoms with Gasteiger partial charge in [0.2, 0.25) is 5.91 Å². The van der Waals surface area contributed by atoms with Crippen LogP contribution in [0, 0.1) is 11.3 Å². The first-order valence-corrected chi connectivity index (χ1v) is 8.68. The Balaban J connectivity index is 1.61. The van der Waals surface area contributed by atoms with E-state index in [2.05, 4.69) is 6.07 Å². The molecule has 0 atom stereocenters. The summed E-state index contributed by atoms with van der Waals surface area (Å²) in [6, 6.07) is 16.8. The monoisotopic (exact) mass is 347 g/mol. The zero-order valence-corrected chi connectivity index (χ0v) is 14.8. The van der Waals surface area contributed by atoms with Gasteiger partial charge in [-0.15, -0.1) is 0 Å². The van der Waals surface area contributed by atoms with Gasteiger partial charge in [0.25, 0.3) is 5.91 Å². The lowest BCUT2D eigenvalue weighted by molar-refractivity contribution is -0.128. The number of carbonyl (C=O) groups excluding carboxylic acids is 2. The summed E-state index contributed by atoms with van der Waals surface area (Å²) in [5.74, 6) is 0.144. The Morgan fingerprint density at radius 2 is 1.77 bits per heavy atom. The highest BCUT2D eigenvalue weighted by Gasteiger charge is 2.20. The molecule has 0 bridgehead atoms. The molecular formula is C21H21N3O2. The molecule has 0 unspecified atom stereocenters. The Hall–Kier alpha value is -3.13. The SMILES string of the molecule is CN(Cc1ccc(C#N)cc1)C(=O)c1ccc(CN2CCCC2=O)cc1. The van der Waals surface area contributed by atoms with Crippen LogP contribution in [0.25, 0.3) is 0 Å². The van der Waals surface area contributed by atoms with Crippen LogP contribution in [-0.2, 0) is 17.9 Å². The van der Waals surface area contributed by atoms with Crippen LogP contribution in [0.2, 0.25) is 0 Å². The van der Waals surface area contributed by atoms with E-state index in [0.29, 0.717) is 30.6 Å². The van der Waals surface area contributed by atoms with Gasteiger partial charge in [-0.1, -0.05) is 24.3 Å². The van der Waals surface area contributed by atoms with Crippen LogP contribution in [0.5, 0.6) is 0 Å². The largest absolute Gasteiger partial charge is 0.338 e. The summed E-state index contributed by atoms with van der Waals surface area (Å²) in [7, 11) is 1.76. The molecule has 5 nitrogen and oxygen atoms in total. The van der Waals surface area contributed by atoms with Gasteiger partial charge in [-0.05, 0) is 41.8 Å². The molecule has 0 N–H and O–H groups in total. The fourth-order valence-corrected chi connectivity index (χ4v) is 3.10. The lowest BCUT2D eigenvalue weighted by Crippen LogP contribution is -2.26. The van der Waals surface area contributed by atoms with Crippen molar-refractivity contribution in [3.05, 3.63) is 70.8 Å². The van der Waals surface area contributed by atoms with Gasteiger partial charge in [0, 0.05) is 38.7 Å². The molecule has 132 valence electrons. The van der Waals surface area contributed by atoms with Crippen LogP contribution in [0.15, 0.2) is 48.5 Å². The molecule has 2 aromatic rings. The quantitative estimate of drug-likeness (QED) is 0.835. The van der Waals surface area contributed by atoms with Crippen LogP contribution in [-0.4, -0.2) is 35.2 Å². The maximum Gasteiger partial charge on any atom is 0.253 e. The van der Waals surface area contributed by atoms with E-state index in [1.165, 1.54) is 0 Å². The average Bonchev–Trinajstić information content (AvgIpc) is 3.07. The molecule has 1 heterocycles. The first kappa shape index (κ1) is 17.7. The number of amides is 2. The first-order valence-electron chi connectivity index (χ1n) is 8.68. The summed E-state index contributed by atoms with van der Waals surface area (Å²) in [6.07, 6.45) is 1.56.